The molecule has 0 unspecified atom stereocenters. The van der Waals surface area contributed by atoms with Crippen LogP contribution in [0.5, 0.6) is 0 Å². The Bertz CT molecular complexity index is 3570. The minimum atomic E-state index is 0.582. The van der Waals surface area contributed by atoms with Crippen molar-refractivity contribution in [2.24, 2.45) is 0 Å². The van der Waals surface area contributed by atoms with Crippen LogP contribution in [0.4, 0.5) is 0 Å². The molecule has 0 atom stereocenters. The number of aromatic nitrogens is 4. The van der Waals surface area contributed by atoms with Crippen molar-refractivity contribution in [1.29, 1.82) is 0 Å². The van der Waals surface area contributed by atoms with Gasteiger partial charge in [0.25, 0.3) is 0 Å². The van der Waals surface area contributed by atoms with E-state index in [0.29, 0.717) is 17.5 Å². The van der Waals surface area contributed by atoms with E-state index in [-0.39, 0.29) is 0 Å². The molecule has 3 heterocycles. The number of nitrogens with zero attached hydrogens (tertiary/aromatic N) is 4. The van der Waals surface area contributed by atoms with Crippen molar-refractivity contribution in [2.45, 2.75) is 0 Å². The molecule has 290 valence electrons. The van der Waals surface area contributed by atoms with Crippen LogP contribution in [0.1, 0.15) is 0 Å². The lowest BCUT2D eigenvalue weighted by Crippen LogP contribution is -2.00. The first-order valence-electron chi connectivity index (χ1n) is 20.8. The Kier molecular flexibility index (Phi) is 8.42. The number of hydrogen-bond donors (Lipinski definition) is 0. The van der Waals surface area contributed by atoms with Gasteiger partial charge in [-0.15, -0.1) is 0 Å². The summed E-state index contributed by atoms with van der Waals surface area (Å²) in [6, 6.07) is 76.3. The molecule has 0 saturated heterocycles. The van der Waals surface area contributed by atoms with E-state index in [4.69, 9.17) is 19.4 Å². The molecule has 0 aliphatic heterocycles. The van der Waals surface area contributed by atoms with Crippen LogP contribution in [0.25, 0.3) is 117 Å². The van der Waals surface area contributed by atoms with Gasteiger partial charge < -0.3 is 8.98 Å². The van der Waals surface area contributed by atoms with E-state index in [2.05, 4.69) is 199 Å². The lowest BCUT2D eigenvalue weighted by molar-refractivity contribution is 0.669. The molecule has 0 amide bonds. The summed E-state index contributed by atoms with van der Waals surface area (Å²) in [4.78, 5) is 15.5. The molecule has 0 spiro atoms. The number of rotatable bonds is 7. The van der Waals surface area contributed by atoms with Gasteiger partial charge in [0.1, 0.15) is 11.2 Å². The van der Waals surface area contributed by atoms with Crippen molar-refractivity contribution >= 4 is 43.7 Å². The van der Waals surface area contributed by atoms with Crippen LogP contribution < -0.4 is 0 Å². The maximum atomic E-state index is 6.67. The second kappa shape index (κ2) is 14.7. The smallest absolute Gasteiger partial charge is 0.164 e. The third kappa shape index (κ3) is 6.14. The van der Waals surface area contributed by atoms with E-state index in [0.717, 1.165) is 77.7 Å². The molecule has 62 heavy (non-hydrogen) atoms. The number of furan rings is 1. The maximum Gasteiger partial charge on any atom is 0.164 e. The summed E-state index contributed by atoms with van der Waals surface area (Å²) in [6.45, 7) is 0. The van der Waals surface area contributed by atoms with Crippen molar-refractivity contribution < 1.29 is 4.42 Å². The van der Waals surface area contributed by atoms with Gasteiger partial charge >= 0.3 is 0 Å². The number of benzene rings is 9. The molecular weight excluding hydrogens is 757 g/mol. The molecule has 12 aromatic rings. The van der Waals surface area contributed by atoms with Crippen molar-refractivity contribution in [3.05, 3.63) is 218 Å². The Morgan fingerprint density at radius 1 is 0.306 bits per heavy atom. The van der Waals surface area contributed by atoms with E-state index < -0.39 is 0 Å². The fourth-order valence-electron chi connectivity index (χ4n) is 8.88. The topological polar surface area (TPSA) is 56.7 Å². The summed E-state index contributed by atoms with van der Waals surface area (Å²) in [6.07, 6.45) is 0. The van der Waals surface area contributed by atoms with Gasteiger partial charge in [-0.1, -0.05) is 170 Å². The quantitative estimate of drug-likeness (QED) is 0.161. The van der Waals surface area contributed by atoms with Gasteiger partial charge in [0, 0.05) is 43.9 Å². The Hall–Kier alpha value is -8.41. The first kappa shape index (κ1) is 35.5. The Balaban J connectivity index is 0.980. The molecule has 0 aliphatic carbocycles. The average molecular weight is 793 g/mol. The van der Waals surface area contributed by atoms with Crippen LogP contribution in [-0.2, 0) is 0 Å². The van der Waals surface area contributed by atoms with Gasteiger partial charge in [0.2, 0.25) is 0 Å². The van der Waals surface area contributed by atoms with E-state index in [1.807, 2.05) is 24.3 Å². The largest absolute Gasteiger partial charge is 0.456 e. The van der Waals surface area contributed by atoms with Crippen molar-refractivity contribution in [3.8, 4) is 73.2 Å². The molecule has 5 heteroatoms. The minimum absolute atomic E-state index is 0.582. The summed E-state index contributed by atoms with van der Waals surface area (Å²) >= 11 is 0. The van der Waals surface area contributed by atoms with Crippen LogP contribution in [0.15, 0.2) is 223 Å². The van der Waals surface area contributed by atoms with E-state index in [1.165, 1.54) is 21.8 Å². The normalized spacial score (nSPS) is 11.5. The summed E-state index contributed by atoms with van der Waals surface area (Å²) in [5.41, 5.74) is 14.4. The molecule has 3 aromatic heterocycles. The first-order valence-corrected chi connectivity index (χ1v) is 20.8. The summed E-state index contributed by atoms with van der Waals surface area (Å²) in [5, 5.41) is 4.45. The standard InChI is InChI=1S/C57H36N4O/c1-3-14-37(15-4-1)39-28-30-40(31-29-39)55-58-56(44-20-11-18-41(34-44)38-16-5-2-6-17-38)60-57(59-55)49-24-13-27-52-54(49)48-33-32-43(36-53(48)62-52)42-19-12-21-45(35-42)61-50-25-9-7-22-46(50)47-23-8-10-26-51(47)61/h1-36H. The predicted molar refractivity (Wildman–Crippen MR) is 254 cm³/mol. The lowest BCUT2D eigenvalue weighted by Gasteiger charge is -2.11. The molecule has 0 bridgehead atoms. The van der Waals surface area contributed by atoms with Crippen LogP contribution >= 0.6 is 0 Å². The van der Waals surface area contributed by atoms with Crippen molar-refractivity contribution in [3.63, 3.8) is 0 Å². The zero-order valence-corrected chi connectivity index (χ0v) is 33.5. The van der Waals surface area contributed by atoms with Crippen LogP contribution in [0, 0.1) is 0 Å². The van der Waals surface area contributed by atoms with Crippen molar-refractivity contribution in [1.82, 2.24) is 19.5 Å². The molecule has 9 aromatic carbocycles. The highest BCUT2D eigenvalue weighted by atomic mass is 16.3. The van der Waals surface area contributed by atoms with Crippen LogP contribution in [-0.4, -0.2) is 19.5 Å². The van der Waals surface area contributed by atoms with Crippen molar-refractivity contribution in [2.75, 3.05) is 0 Å². The summed E-state index contributed by atoms with van der Waals surface area (Å²) in [7, 11) is 0. The zero-order valence-electron chi connectivity index (χ0n) is 33.5. The third-order valence-electron chi connectivity index (χ3n) is 11.9. The second-order valence-corrected chi connectivity index (χ2v) is 15.6. The fraction of sp³-hybridized carbons (Fsp3) is 0. The highest BCUT2D eigenvalue weighted by Gasteiger charge is 2.19. The SMILES string of the molecule is c1ccc(-c2ccc(-c3nc(-c4cccc(-c5ccccc5)c4)nc(-c4cccc5oc6cc(-c7cccc(-n8c9ccccc9c9ccccc98)c7)ccc6c45)n3)cc2)cc1. The molecule has 5 nitrogen and oxygen atoms in total. The fourth-order valence-corrected chi connectivity index (χ4v) is 8.88. The van der Waals surface area contributed by atoms with Gasteiger partial charge in [-0.25, -0.2) is 15.0 Å². The van der Waals surface area contributed by atoms with Crippen LogP contribution in [0.3, 0.4) is 0 Å². The molecule has 0 saturated carbocycles. The van der Waals surface area contributed by atoms with Gasteiger partial charge in [0.15, 0.2) is 17.5 Å². The average Bonchev–Trinajstić information content (AvgIpc) is 3.90. The van der Waals surface area contributed by atoms with Gasteiger partial charge in [-0.3, -0.25) is 0 Å². The van der Waals surface area contributed by atoms with Gasteiger partial charge in [0.05, 0.1) is 11.0 Å². The second-order valence-electron chi connectivity index (χ2n) is 15.6. The highest BCUT2D eigenvalue weighted by Crippen LogP contribution is 2.40. The Labute approximate surface area is 357 Å². The summed E-state index contributed by atoms with van der Waals surface area (Å²) in [5.74, 6) is 1.79. The molecule has 0 radical (unpaired) electrons. The molecular formula is C57H36N4O. The number of para-hydroxylation sites is 2. The maximum absolute atomic E-state index is 6.67. The van der Waals surface area contributed by atoms with E-state index in [1.54, 1.807) is 0 Å². The zero-order chi connectivity index (χ0) is 41.0. The third-order valence-corrected chi connectivity index (χ3v) is 11.9. The van der Waals surface area contributed by atoms with E-state index in [9.17, 15) is 0 Å². The molecule has 0 N–H and O–H groups in total. The van der Waals surface area contributed by atoms with Crippen LogP contribution in [0.2, 0.25) is 0 Å². The lowest BCUT2D eigenvalue weighted by atomic mass is 10.0. The number of hydrogen-bond acceptors (Lipinski definition) is 4. The van der Waals surface area contributed by atoms with Gasteiger partial charge in [-0.2, -0.15) is 0 Å². The Morgan fingerprint density at radius 3 is 1.53 bits per heavy atom. The molecule has 0 fully saturated rings. The minimum Gasteiger partial charge on any atom is -0.456 e. The summed E-state index contributed by atoms with van der Waals surface area (Å²) < 4.78 is 9.02. The molecule has 0 aliphatic rings. The first-order chi connectivity index (χ1) is 30.7. The van der Waals surface area contributed by atoms with Gasteiger partial charge in [-0.05, 0) is 81.9 Å². The molecule has 12 rings (SSSR count). The number of fused-ring (bicyclic) bond motifs is 6. The predicted octanol–water partition coefficient (Wildman–Crippen LogP) is 14.9. The van der Waals surface area contributed by atoms with E-state index >= 15 is 0 Å². The highest BCUT2D eigenvalue weighted by molar-refractivity contribution is 6.13. The Morgan fingerprint density at radius 2 is 0.806 bits per heavy atom. The monoisotopic (exact) mass is 792 g/mol.